The van der Waals surface area contributed by atoms with E-state index >= 15 is 0 Å². The highest BCUT2D eigenvalue weighted by Gasteiger charge is 2.07. The molecule has 1 aliphatic rings. The molecule has 25 heavy (non-hydrogen) atoms. The van der Waals surface area contributed by atoms with Crippen molar-refractivity contribution < 1.29 is 13.9 Å². The molecule has 0 fully saturated rings. The molecule has 124 valence electrons. The minimum atomic E-state index is -0.260. The number of allylic oxidation sites excluding steroid dienone is 2. The summed E-state index contributed by atoms with van der Waals surface area (Å²) < 4.78 is 24.3. The van der Waals surface area contributed by atoms with E-state index in [9.17, 15) is 4.39 Å². The molecular formula is C21H16FNO2. The van der Waals surface area contributed by atoms with Crippen LogP contribution < -0.4 is 14.8 Å². The van der Waals surface area contributed by atoms with Crippen LogP contribution in [-0.2, 0) is 6.54 Å². The van der Waals surface area contributed by atoms with E-state index in [-0.39, 0.29) is 12.4 Å². The van der Waals surface area contributed by atoms with E-state index in [2.05, 4.69) is 29.0 Å². The third-order valence-corrected chi connectivity index (χ3v) is 3.43. The first kappa shape index (κ1) is 16.5. The quantitative estimate of drug-likeness (QED) is 0.868. The van der Waals surface area contributed by atoms with E-state index < -0.39 is 0 Å². The van der Waals surface area contributed by atoms with Crippen LogP contribution in [0.1, 0.15) is 5.56 Å². The summed E-state index contributed by atoms with van der Waals surface area (Å²) in [6.07, 6.45) is 3.36. The van der Waals surface area contributed by atoms with Crippen molar-refractivity contribution >= 4 is 5.69 Å². The Morgan fingerprint density at radius 2 is 1.64 bits per heavy atom. The van der Waals surface area contributed by atoms with Gasteiger partial charge in [0.25, 0.3) is 0 Å². The molecule has 4 heteroatoms. The summed E-state index contributed by atoms with van der Waals surface area (Å²) in [6, 6.07) is 11.9. The van der Waals surface area contributed by atoms with E-state index in [1.54, 1.807) is 24.3 Å². The maximum atomic E-state index is 13.0. The number of halogens is 1. The minimum absolute atomic E-state index is 0.260. The molecule has 3 rings (SSSR count). The molecule has 0 spiro atoms. The number of rotatable bonds is 3. The molecule has 0 amide bonds. The molecule has 2 bridgehead atoms. The average Bonchev–Trinajstić information content (AvgIpc) is 2.65. The predicted molar refractivity (Wildman–Crippen MR) is 95.9 cm³/mol. The number of nitrogens with one attached hydrogen (secondary N) is 1. The monoisotopic (exact) mass is 333 g/mol. The maximum Gasteiger partial charge on any atom is 0.149 e. The molecule has 0 atom stereocenters. The second kappa shape index (κ2) is 8.47. The van der Waals surface area contributed by atoms with Gasteiger partial charge in [-0.15, -0.1) is 0 Å². The van der Waals surface area contributed by atoms with E-state index in [0.717, 1.165) is 11.3 Å². The van der Waals surface area contributed by atoms with Crippen LogP contribution in [0.3, 0.4) is 0 Å². The molecule has 1 N–H and O–H groups in total. The van der Waals surface area contributed by atoms with Gasteiger partial charge in [-0.1, -0.05) is 23.7 Å². The van der Waals surface area contributed by atoms with Gasteiger partial charge in [-0.05, 0) is 48.6 Å². The number of ether oxygens (including phenoxy) is 2. The summed E-state index contributed by atoms with van der Waals surface area (Å²) in [5.74, 6) is 12.6. The summed E-state index contributed by atoms with van der Waals surface area (Å²) in [5, 5.41) is 3.25. The normalized spacial score (nSPS) is 13.8. The minimum Gasteiger partial charge on any atom is -0.481 e. The van der Waals surface area contributed by atoms with Crippen molar-refractivity contribution in [3.05, 3.63) is 66.0 Å². The lowest BCUT2D eigenvalue weighted by Gasteiger charge is -2.13. The van der Waals surface area contributed by atoms with Crippen molar-refractivity contribution in [3.63, 3.8) is 0 Å². The fourth-order valence-electron chi connectivity index (χ4n) is 2.19. The molecule has 1 aliphatic heterocycles. The van der Waals surface area contributed by atoms with Crippen LogP contribution in [0.2, 0.25) is 0 Å². The molecule has 0 aromatic heterocycles. The van der Waals surface area contributed by atoms with Crippen LogP contribution in [0.5, 0.6) is 11.5 Å². The van der Waals surface area contributed by atoms with Crippen LogP contribution in [0.25, 0.3) is 0 Å². The van der Waals surface area contributed by atoms with Crippen LogP contribution in [0.15, 0.2) is 54.6 Å². The molecule has 3 nitrogen and oxygen atoms in total. The SMILES string of the molecule is Fc1ccc(NCc2ccc3cc2OCC#C/C=C\C#CCO3)cc1. The van der Waals surface area contributed by atoms with Crippen LogP contribution in [-0.4, -0.2) is 13.2 Å². The number of benzene rings is 2. The van der Waals surface area contributed by atoms with Crippen molar-refractivity contribution in [2.45, 2.75) is 6.54 Å². The second-order valence-corrected chi connectivity index (χ2v) is 5.18. The number of hydrogen-bond donors (Lipinski definition) is 1. The van der Waals surface area contributed by atoms with Gasteiger partial charge in [0.05, 0.1) is 0 Å². The number of fused-ring (bicyclic) bond motifs is 2. The lowest BCUT2D eigenvalue weighted by molar-refractivity contribution is 0.349. The Hall–Kier alpha value is -3.37. The topological polar surface area (TPSA) is 30.5 Å². The fourth-order valence-corrected chi connectivity index (χ4v) is 2.19. The predicted octanol–water partition coefficient (Wildman–Crippen LogP) is 3.77. The van der Waals surface area contributed by atoms with Crippen molar-refractivity contribution in [2.75, 3.05) is 18.5 Å². The Bertz CT molecular complexity index is 880. The van der Waals surface area contributed by atoms with Crippen molar-refractivity contribution in [2.24, 2.45) is 0 Å². The third-order valence-electron chi connectivity index (χ3n) is 3.43. The standard InChI is InChI=1S/C21H16FNO2/c22-18-8-10-19(11-9-18)23-16-17-7-12-20-15-21(17)25-14-6-4-2-1-3-5-13-24-20/h1-2,7-12,15,23H,13-14,16H2/b2-1-. The van der Waals surface area contributed by atoms with E-state index in [0.29, 0.717) is 24.7 Å². The molecule has 0 saturated carbocycles. The van der Waals surface area contributed by atoms with Crippen molar-refractivity contribution in [1.29, 1.82) is 0 Å². The Morgan fingerprint density at radius 1 is 0.920 bits per heavy atom. The molecule has 0 aliphatic carbocycles. The zero-order chi connectivity index (χ0) is 17.3. The van der Waals surface area contributed by atoms with Crippen molar-refractivity contribution in [3.8, 4) is 35.2 Å². The lowest BCUT2D eigenvalue weighted by atomic mass is 10.2. The van der Waals surface area contributed by atoms with Gasteiger partial charge in [-0.25, -0.2) is 4.39 Å². The summed E-state index contributed by atoms with van der Waals surface area (Å²) in [7, 11) is 0. The summed E-state index contributed by atoms with van der Waals surface area (Å²) in [6.45, 7) is 1.10. The third kappa shape index (κ3) is 5.06. The average molecular weight is 333 g/mol. The first-order chi connectivity index (χ1) is 12.3. The van der Waals surface area contributed by atoms with Gasteiger partial charge in [-0.2, -0.15) is 0 Å². The van der Waals surface area contributed by atoms with E-state index in [1.165, 1.54) is 12.1 Å². The first-order valence-electron chi connectivity index (χ1n) is 7.81. The Balaban J connectivity index is 1.76. The largest absolute Gasteiger partial charge is 0.481 e. The molecular weight excluding hydrogens is 317 g/mol. The van der Waals surface area contributed by atoms with Gasteiger partial charge in [0.2, 0.25) is 0 Å². The Morgan fingerprint density at radius 3 is 2.40 bits per heavy atom. The second-order valence-electron chi connectivity index (χ2n) is 5.18. The summed E-state index contributed by atoms with van der Waals surface area (Å²) in [4.78, 5) is 0. The maximum absolute atomic E-state index is 13.0. The van der Waals surface area contributed by atoms with Crippen LogP contribution in [0, 0.1) is 29.5 Å². The Labute approximate surface area is 146 Å². The number of anilines is 1. The summed E-state index contributed by atoms with van der Waals surface area (Å²) >= 11 is 0. The van der Waals surface area contributed by atoms with Crippen LogP contribution >= 0.6 is 0 Å². The molecule has 0 unspecified atom stereocenters. The van der Waals surface area contributed by atoms with Gasteiger partial charge >= 0.3 is 0 Å². The fraction of sp³-hybridized carbons (Fsp3) is 0.143. The Kier molecular flexibility index (Phi) is 5.59. The van der Waals surface area contributed by atoms with Gasteiger partial charge in [0.1, 0.15) is 30.5 Å². The lowest BCUT2D eigenvalue weighted by Crippen LogP contribution is -2.04. The molecule has 1 heterocycles. The van der Waals surface area contributed by atoms with Gasteiger partial charge in [0.15, 0.2) is 0 Å². The highest BCUT2D eigenvalue weighted by atomic mass is 19.1. The van der Waals surface area contributed by atoms with Gasteiger partial charge in [-0.3, -0.25) is 0 Å². The summed E-state index contributed by atoms with van der Waals surface area (Å²) in [5.41, 5.74) is 1.79. The van der Waals surface area contributed by atoms with Crippen LogP contribution in [0.4, 0.5) is 10.1 Å². The highest BCUT2D eigenvalue weighted by molar-refractivity contribution is 5.47. The van der Waals surface area contributed by atoms with E-state index in [4.69, 9.17) is 9.47 Å². The zero-order valence-corrected chi connectivity index (χ0v) is 13.5. The zero-order valence-electron chi connectivity index (χ0n) is 13.5. The molecule has 0 radical (unpaired) electrons. The first-order valence-corrected chi connectivity index (χ1v) is 7.81. The van der Waals surface area contributed by atoms with Crippen molar-refractivity contribution in [1.82, 2.24) is 0 Å². The van der Waals surface area contributed by atoms with Gasteiger partial charge in [0, 0.05) is 23.9 Å². The van der Waals surface area contributed by atoms with E-state index in [1.807, 2.05) is 18.2 Å². The van der Waals surface area contributed by atoms with Gasteiger partial charge < -0.3 is 14.8 Å². The number of hydrogen-bond acceptors (Lipinski definition) is 3. The highest BCUT2D eigenvalue weighted by Crippen LogP contribution is 2.26. The smallest absolute Gasteiger partial charge is 0.149 e. The molecule has 2 aromatic rings. The molecule has 2 aromatic carbocycles. The molecule has 0 saturated heterocycles.